The van der Waals surface area contributed by atoms with Crippen molar-refractivity contribution in [1.82, 2.24) is 5.32 Å². The Bertz CT molecular complexity index is 968. The third-order valence-corrected chi connectivity index (χ3v) is 5.49. The Kier molecular flexibility index (Phi) is 6.47. The summed E-state index contributed by atoms with van der Waals surface area (Å²) in [6, 6.07) is 15.7. The van der Waals surface area contributed by atoms with Gasteiger partial charge in [0.2, 0.25) is 10.0 Å². The number of amides is 1. The summed E-state index contributed by atoms with van der Waals surface area (Å²) in [6.07, 6.45) is 1.11. The summed E-state index contributed by atoms with van der Waals surface area (Å²) in [5.74, 6) is -0.256. The molecular formula is C21H25N3O3S. The SMILES string of the molecule is CC(C)(C)c1ccc(C(=O)NCCN(c2ccc(C#N)cc2)S(C)(=O)=O)cc1. The molecule has 0 saturated heterocycles. The number of nitrogens with one attached hydrogen (secondary N) is 1. The van der Waals surface area contributed by atoms with Crippen molar-refractivity contribution < 1.29 is 13.2 Å². The first-order valence-corrected chi connectivity index (χ1v) is 10.7. The van der Waals surface area contributed by atoms with Crippen LogP contribution in [0.3, 0.4) is 0 Å². The number of nitrogens with zero attached hydrogens (tertiary/aromatic N) is 2. The number of sulfonamides is 1. The molecule has 2 aromatic rings. The average molecular weight is 400 g/mol. The number of carbonyl (C=O) groups is 1. The molecule has 0 aliphatic heterocycles. The van der Waals surface area contributed by atoms with Gasteiger partial charge in [0.1, 0.15) is 0 Å². The summed E-state index contributed by atoms with van der Waals surface area (Å²) in [6.45, 7) is 6.56. The van der Waals surface area contributed by atoms with Crippen LogP contribution in [0.2, 0.25) is 0 Å². The van der Waals surface area contributed by atoms with Gasteiger partial charge in [0.05, 0.1) is 30.1 Å². The predicted molar refractivity (Wildman–Crippen MR) is 111 cm³/mol. The van der Waals surface area contributed by atoms with Crippen LogP contribution in [-0.2, 0) is 15.4 Å². The molecule has 0 radical (unpaired) electrons. The van der Waals surface area contributed by atoms with E-state index in [4.69, 9.17) is 5.26 Å². The average Bonchev–Trinajstić information content (AvgIpc) is 2.63. The summed E-state index contributed by atoms with van der Waals surface area (Å²) in [7, 11) is -3.52. The van der Waals surface area contributed by atoms with Gasteiger partial charge in [-0.15, -0.1) is 0 Å². The molecule has 2 rings (SSSR count). The van der Waals surface area contributed by atoms with Crippen LogP contribution >= 0.6 is 0 Å². The molecule has 0 aromatic heterocycles. The predicted octanol–water partition coefficient (Wildman–Crippen LogP) is 3.05. The summed E-state index contributed by atoms with van der Waals surface area (Å²) in [5.41, 5.74) is 2.56. The van der Waals surface area contributed by atoms with Crippen molar-refractivity contribution >= 4 is 21.6 Å². The highest BCUT2D eigenvalue weighted by Gasteiger charge is 2.18. The van der Waals surface area contributed by atoms with Crippen molar-refractivity contribution in [3.8, 4) is 6.07 Å². The van der Waals surface area contributed by atoms with Crippen LogP contribution in [0.5, 0.6) is 0 Å². The van der Waals surface area contributed by atoms with E-state index >= 15 is 0 Å². The van der Waals surface area contributed by atoms with E-state index in [1.165, 1.54) is 4.31 Å². The standard InChI is InChI=1S/C21H25N3O3S/c1-21(2,3)18-9-7-17(8-10-18)20(25)23-13-14-24(28(4,26)27)19-11-5-16(15-22)6-12-19/h5-12H,13-14H2,1-4H3,(H,23,25). The molecule has 0 fully saturated rings. The van der Waals surface area contributed by atoms with Gasteiger partial charge in [0.25, 0.3) is 5.91 Å². The zero-order valence-electron chi connectivity index (χ0n) is 16.6. The second kappa shape index (κ2) is 8.44. The van der Waals surface area contributed by atoms with Gasteiger partial charge in [-0.1, -0.05) is 32.9 Å². The molecular weight excluding hydrogens is 374 g/mol. The quantitative estimate of drug-likeness (QED) is 0.808. The van der Waals surface area contributed by atoms with Crippen molar-refractivity contribution in [2.24, 2.45) is 0 Å². The molecule has 6 nitrogen and oxygen atoms in total. The Hall–Kier alpha value is -2.85. The minimum absolute atomic E-state index is 0.00604. The van der Waals surface area contributed by atoms with Crippen LogP contribution in [0.15, 0.2) is 48.5 Å². The Morgan fingerprint density at radius 2 is 1.64 bits per heavy atom. The molecule has 0 aliphatic carbocycles. The highest BCUT2D eigenvalue weighted by molar-refractivity contribution is 7.92. The second-order valence-electron chi connectivity index (χ2n) is 7.58. The van der Waals surface area contributed by atoms with Crippen LogP contribution < -0.4 is 9.62 Å². The maximum atomic E-state index is 12.3. The van der Waals surface area contributed by atoms with Crippen LogP contribution in [0.1, 0.15) is 42.3 Å². The number of nitriles is 1. The van der Waals surface area contributed by atoms with E-state index in [0.717, 1.165) is 11.8 Å². The number of rotatable bonds is 6. The van der Waals surface area contributed by atoms with Crippen LogP contribution in [0, 0.1) is 11.3 Å². The molecule has 1 amide bonds. The Labute approximate surface area is 166 Å². The first kappa shape index (κ1) is 21.5. The zero-order chi connectivity index (χ0) is 20.9. The number of hydrogen-bond acceptors (Lipinski definition) is 4. The van der Waals surface area contributed by atoms with E-state index in [9.17, 15) is 13.2 Å². The van der Waals surface area contributed by atoms with Gasteiger partial charge in [-0.2, -0.15) is 5.26 Å². The fraction of sp³-hybridized carbons (Fsp3) is 0.333. The molecule has 0 aliphatic rings. The minimum atomic E-state index is -3.52. The van der Waals surface area contributed by atoms with Crippen LogP contribution in [0.25, 0.3) is 0 Å². The normalized spacial score (nSPS) is 11.5. The Balaban J connectivity index is 2.03. The largest absolute Gasteiger partial charge is 0.350 e. The maximum absolute atomic E-state index is 12.3. The highest BCUT2D eigenvalue weighted by Crippen LogP contribution is 2.22. The first-order valence-electron chi connectivity index (χ1n) is 8.89. The number of hydrogen-bond donors (Lipinski definition) is 1. The Morgan fingerprint density at radius 1 is 1.07 bits per heavy atom. The Morgan fingerprint density at radius 3 is 2.11 bits per heavy atom. The molecule has 7 heteroatoms. The molecule has 0 heterocycles. The molecule has 0 spiro atoms. The van der Waals surface area contributed by atoms with Gasteiger partial charge in [-0.05, 0) is 47.4 Å². The maximum Gasteiger partial charge on any atom is 0.251 e. The van der Waals surface area contributed by atoms with E-state index in [1.54, 1.807) is 36.4 Å². The molecule has 148 valence electrons. The molecule has 1 N–H and O–H groups in total. The van der Waals surface area contributed by atoms with Crippen LogP contribution in [0.4, 0.5) is 5.69 Å². The van der Waals surface area contributed by atoms with Gasteiger partial charge >= 0.3 is 0 Å². The topological polar surface area (TPSA) is 90.3 Å². The molecule has 0 saturated carbocycles. The zero-order valence-corrected chi connectivity index (χ0v) is 17.4. The third kappa shape index (κ3) is 5.57. The monoisotopic (exact) mass is 399 g/mol. The molecule has 0 atom stereocenters. The van der Waals surface area contributed by atoms with E-state index in [1.807, 2.05) is 18.2 Å². The smallest absolute Gasteiger partial charge is 0.251 e. The summed E-state index contributed by atoms with van der Waals surface area (Å²) < 4.78 is 25.4. The lowest BCUT2D eigenvalue weighted by Crippen LogP contribution is -2.38. The van der Waals surface area contributed by atoms with E-state index in [0.29, 0.717) is 16.8 Å². The van der Waals surface area contributed by atoms with Gasteiger partial charge in [-0.25, -0.2) is 8.42 Å². The van der Waals surface area contributed by atoms with Crippen molar-refractivity contribution in [3.63, 3.8) is 0 Å². The van der Waals surface area contributed by atoms with Crippen molar-refractivity contribution in [2.75, 3.05) is 23.7 Å². The number of anilines is 1. The lowest BCUT2D eigenvalue weighted by Gasteiger charge is -2.22. The van der Waals surface area contributed by atoms with Crippen molar-refractivity contribution in [3.05, 3.63) is 65.2 Å². The fourth-order valence-corrected chi connectivity index (χ4v) is 3.61. The van der Waals surface area contributed by atoms with E-state index < -0.39 is 10.0 Å². The van der Waals surface area contributed by atoms with Crippen molar-refractivity contribution in [2.45, 2.75) is 26.2 Å². The lowest BCUT2D eigenvalue weighted by molar-refractivity contribution is 0.0954. The fourth-order valence-electron chi connectivity index (χ4n) is 2.68. The third-order valence-electron chi connectivity index (χ3n) is 4.30. The lowest BCUT2D eigenvalue weighted by atomic mass is 9.87. The summed E-state index contributed by atoms with van der Waals surface area (Å²) in [5, 5.41) is 11.6. The van der Waals surface area contributed by atoms with Gasteiger partial charge in [0.15, 0.2) is 0 Å². The van der Waals surface area contributed by atoms with E-state index in [-0.39, 0.29) is 24.4 Å². The second-order valence-corrected chi connectivity index (χ2v) is 9.48. The van der Waals surface area contributed by atoms with Gasteiger partial charge < -0.3 is 5.32 Å². The molecule has 0 bridgehead atoms. The molecule has 0 unspecified atom stereocenters. The minimum Gasteiger partial charge on any atom is -0.350 e. The molecule has 2 aromatic carbocycles. The number of benzene rings is 2. The summed E-state index contributed by atoms with van der Waals surface area (Å²) in [4.78, 5) is 12.3. The van der Waals surface area contributed by atoms with Gasteiger partial charge in [0, 0.05) is 12.1 Å². The van der Waals surface area contributed by atoms with Crippen molar-refractivity contribution in [1.29, 1.82) is 5.26 Å². The number of carbonyl (C=O) groups excluding carboxylic acids is 1. The summed E-state index contributed by atoms with van der Waals surface area (Å²) >= 11 is 0. The highest BCUT2D eigenvalue weighted by atomic mass is 32.2. The first-order chi connectivity index (χ1) is 13.0. The van der Waals surface area contributed by atoms with Gasteiger partial charge in [-0.3, -0.25) is 9.10 Å². The van der Waals surface area contributed by atoms with Crippen LogP contribution in [-0.4, -0.2) is 33.7 Å². The molecule has 28 heavy (non-hydrogen) atoms. The van der Waals surface area contributed by atoms with E-state index in [2.05, 4.69) is 26.1 Å².